The van der Waals surface area contributed by atoms with E-state index >= 15 is 0 Å². The summed E-state index contributed by atoms with van der Waals surface area (Å²) in [6.45, 7) is 1.58. The second-order valence-corrected chi connectivity index (χ2v) is 6.90. The Bertz CT molecular complexity index is 1240. The van der Waals surface area contributed by atoms with Gasteiger partial charge in [0.1, 0.15) is 11.3 Å². The average Bonchev–Trinajstić information content (AvgIpc) is 3.29. The van der Waals surface area contributed by atoms with Crippen molar-refractivity contribution in [2.75, 3.05) is 6.61 Å². The molecule has 4 aromatic rings. The molecule has 0 bridgehead atoms. The molecule has 0 saturated carbocycles. The average molecular weight is 425 g/mol. The molecule has 2 heterocycles. The lowest BCUT2D eigenvalue weighted by atomic mass is 10.1. The van der Waals surface area contributed by atoms with Gasteiger partial charge in [0.2, 0.25) is 16.9 Å². The SMILES string of the molecule is CCc1ccc2oc(-c3ccco3)c(OC(=O)COc3ccc(Cl)cc3)c(=O)c2c1. The van der Waals surface area contributed by atoms with Gasteiger partial charge >= 0.3 is 5.97 Å². The first-order chi connectivity index (χ1) is 14.5. The molecule has 0 fully saturated rings. The van der Waals surface area contributed by atoms with E-state index in [1.54, 1.807) is 48.5 Å². The highest BCUT2D eigenvalue weighted by Gasteiger charge is 2.22. The summed E-state index contributed by atoms with van der Waals surface area (Å²) in [5, 5.41) is 0.874. The van der Waals surface area contributed by atoms with E-state index in [0.717, 1.165) is 12.0 Å². The van der Waals surface area contributed by atoms with Crippen LogP contribution in [0.1, 0.15) is 12.5 Å². The van der Waals surface area contributed by atoms with Gasteiger partial charge in [-0.25, -0.2) is 4.79 Å². The minimum Gasteiger partial charge on any atom is -0.482 e. The maximum atomic E-state index is 13.1. The Kier molecular flexibility index (Phi) is 5.59. The largest absolute Gasteiger partial charge is 0.482 e. The first kappa shape index (κ1) is 19.8. The Morgan fingerprint density at radius 3 is 2.60 bits per heavy atom. The quantitative estimate of drug-likeness (QED) is 0.393. The fourth-order valence-electron chi connectivity index (χ4n) is 2.92. The molecule has 6 nitrogen and oxygen atoms in total. The number of halogens is 1. The van der Waals surface area contributed by atoms with Crippen LogP contribution in [0.25, 0.3) is 22.5 Å². The zero-order chi connectivity index (χ0) is 21.1. The molecular formula is C23H17ClO6. The standard InChI is InChI=1S/C23H17ClO6/c1-2-14-5-10-18-17(12-14)21(26)23(22(29-18)19-4-3-11-27-19)30-20(25)13-28-16-8-6-15(24)7-9-16/h3-12H,2,13H2,1H3. The van der Waals surface area contributed by atoms with Crippen LogP contribution in [0, 0.1) is 0 Å². The van der Waals surface area contributed by atoms with Gasteiger partial charge in [0.15, 0.2) is 12.4 Å². The summed E-state index contributed by atoms with van der Waals surface area (Å²) in [6, 6.07) is 15.1. The fourth-order valence-corrected chi connectivity index (χ4v) is 3.05. The third-order valence-electron chi connectivity index (χ3n) is 4.45. The molecule has 7 heteroatoms. The van der Waals surface area contributed by atoms with Gasteiger partial charge in [0.25, 0.3) is 0 Å². The summed E-state index contributed by atoms with van der Waals surface area (Å²) in [6.07, 6.45) is 2.19. The summed E-state index contributed by atoms with van der Waals surface area (Å²) in [5.74, 6) is -0.233. The van der Waals surface area contributed by atoms with Crippen molar-refractivity contribution in [2.45, 2.75) is 13.3 Å². The highest BCUT2D eigenvalue weighted by molar-refractivity contribution is 6.30. The van der Waals surface area contributed by atoms with Crippen molar-refractivity contribution >= 4 is 28.5 Å². The third kappa shape index (κ3) is 4.09. The van der Waals surface area contributed by atoms with Gasteiger partial charge in [-0.2, -0.15) is 0 Å². The van der Waals surface area contributed by atoms with Crippen LogP contribution < -0.4 is 14.9 Å². The normalized spacial score (nSPS) is 10.9. The van der Waals surface area contributed by atoms with Crippen LogP contribution in [0.15, 0.2) is 74.5 Å². The van der Waals surface area contributed by atoms with E-state index in [-0.39, 0.29) is 17.3 Å². The van der Waals surface area contributed by atoms with Crippen molar-refractivity contribution in [1.29, 1.82) is 0 Å². The number of aryl methyl sites for hydroxylation is 1. The van der Waals surface area contributed by atoms with Crippen molar-refractivity contribution in [3.8, 4) is 23.0 Å². The topological polar surface area (TPSA) is 78.9 Å². The summed E-state index contributed by atoms with van der Waals surface area (Å²) < 4.78 is 22.0. The van der Waals surface area contributed by atoms with Crippen molar-refractivity contribution in [1.82, 2.24) is 0 Å². The molecule has 0 aliphatic rings. The molecule has 0 N–H and O–H groups in total. The van der Waals surface area contributed by atoms with Crippen LogP contribution in [0.3, 0.4) is 0 Å². The maximum Gasteiger partial charge on any atom is 0.349 e. The molecule has 0 radical (unpaired) electrons. The van der Waals surface area contributed by atoms with Gasteiger partial charge < -0.3 is 18.3 Å². The second-order valence-electron chi connectivity index (χ2n) is 6.47. The lowest BCUT2D eigenvalue weighted by Gasteiger charge is -2.10. The predicted molar refractivity (Wildman–Crippen MR) is 112 cm³/mol. The smallest absolute Gasteiger partial charge is 0.349 e. The van der Waals surface area contributed by atoms with Gasteiger partial charge in [-0.15, -0.1) is 0 Å². The first-order valence-electron chi connectivity index (χ1n) is 9.28. The number of rotatable bonds is 6. The molecule has 0 aliphatic heterocycles. The maximum absolute atomic E-state index is 13.1. The molecule has 0 saturated heterocycles. The van der Waals surface area contributed by atoms with Crippen molar-refractivity contribution in [3.63, 3.8) is 0 Å². The molecule has 0 spiro atoms. The van der Waals surface area contributed by atoms with Gasteiger partial charge in [0.05, 0.1) is 11.6 Å². The predicted octanol–water partition coefficient (Wildman–Crippen LogP) is 5.25. The summed E-state index contributed by atoms with van der Waals surface area (Å²) in [5.41, 5.74) is 0.877. The van der Waals surface area contributed by atoms with Crippen molar-refractivity contribution in [3.05, 3.63) is 81.7 Å². The van der Waals surface area contributed by atoms with Gasteiger partial charge in [0, 0.05) is 5.02 Å². The molecule has 30 heavy (non-hydrogen) atoms. The zero-order valence-corrected chi connectivity index (χ0v) is 16.8. The monoisotopic (exact) mass is 424 g/mol. The van der Waals surface area contributed by atoms with Crippen molar-refractivity contribution in [2.24, 2.45) is 0 Å². The third-order valence-corrected chi connectivity index (χ3v) is 4.70. The van der Waals surface area contributed by atoms with E-state index in [2.05, 4.69) is 0 Å². The number of carbonyl (C=O) groups excluding carboxylic acids is 1. The Labute approximate surface area is 176 Å². The number of hydrogen-bond acceptors (Lipinski definition) is 6. The summed E-state index contributed by atoms with van der Waals surface area (Å²) in [7, 11) is 0. The Balaban J connectivity index is 1.67. The lowest BCUT2D eigenvalue weighted by molar-refractivity contribution is -0.136. The molecule has 2 aromatic heterocycles. The van der Waals surface area contributed by atoms with Crippen LogP contribution in [0.5, 0.6) is 11.5 Å². The van der Waals surface area contributed by atoms with E-state index in [1.165, 1.54) is 6.26 Å². The van der Waals surface area contributed by atoms with Crippen LogP contribution in [-0.4, -0.2) is 12.6 Å². The Morgan fingerprint density at radius 2 is 1.90 bits per heavy atom. The Hall–Kier alpha value is -3.51. The molecule has 0 amide bonds. The summed E-state index contributed by atoms with van der Waals surface area (Å²) in [4.78, 5) is 25.5. The van der Waals surface area contributed by atoms with Crippen LogP contribution in [0.4, 0.5) is 0 Å². The van der Waals surface area contributed by atoms with E-state index < -0.39 is 18.0 Å². The minimum atomic E-state index is -0.754. The lowest BCUT2D eigenvalue weighted by Crippen LogP contribution is -2.21. The van der Waals surface area contributed by atoms with Crippen LogP contribution in [-0.2, 0) is 11.2 Å². The molecule has 2 aromatic carbocycles. The van der Waals surface area contributed by atoms with Crippen LogP contribution in [0.2, 0.25) is 5.02 Å². The molecule has 0 atom stereocenters. The second kappa shape index (κ2) is 8.47. The van der Waals surface area contributed by atoms with Gasteiger partial charge in [-0.3, -0.25) is 4.79 Å². The molecule has 0 unspecified atom stereocenters. The number of ether oxygens (including phenoxy) is 2. The molecular weight excluding hydrogens is 408 g/mol. The van der Waals surface area contributed by atoms with E-state index in [0.29, 0.717) is 21.7 Å². The number of benzene rings is 2. The van der Waals surface area contributed by atoms with Crippen LogP contribution >= 0.6 is 11.6 Å². The van der Waals surface area contributed by atoms with Crippen molar-refractivity contribution < 1.29 is 23.1 Å². The highest BCUT2D eigenvalue weighted by atomic mass is 35.5. The zero-order valence-electron chi connectivity index (χ0n) is 16.0. The van der Waals surface area contributed by atoms with Gasteiger partial charge in [-0.1, -0.05) is 24.6 Å². The molecule has 0 aliphatic carbocycles. The molecule has 152 valence electrons. The number of furan rings is 1. The van der Waals surface area contributed by atoms with E-state index in [4.69, 9.17) is 29.9 Å². The first-order valence-corrected chi connectivity index (χ1v) is 9.65. The number of hydrogen-bond donors (Lipinski definition) is 0. The fraction of sp³-hybridized carbons (Fsp3) is 0.130. The summed E-state index contributed by atoms with van der Waals surface area (Å²) >= 11 is 5.83. The number of carbonyl (C=O) groups is 1. The van der Waals surface area contributed by atoms with Gasteiger partial charge in [-0.05, 0) is 60.5 Å². The van der Waals surface area contributed by atoms with E-state index in [9.17, 15) is 9.59 Å². The number of fused-ring (bicyclic) bond motifs is 1. The van der Waals surface area contributed by atoms with E-state index in [1.807, 2.05) is 13.0 Å². The Morgan fingerprint density at radius 1 is 1.10 bits per heavy atom. The minimum absolute atomic E-state index is 0.0431. The highest BCUT2D eigenvalue weighted by Crippen LogP contribution is 2.31. The number of esters is 1. The molecule has 4 rings (SSSR count).